The predicted octanol–water partition coefficient (Wildman–Crippen LogP) is 16.3. The number of aliphatic hydroxyl groups is 2. The molecular weight excluding hydrogens is 1240 g/mol. The van der Waals surface area contributed by atoms with Crippen LogP contribution in [0.5, 0.6) is 0 Å². The predicted molar refractivity (Wildman–Crippen MR) is 323 cm³/mol. The zero-order valence-corrected chi connectivity index (χ0v) is 52.9. The number of halogens is 4. The number of Topliss-reactive ketones (excluding diaryl/α,β-unsaturated/α-hetero) is 4. The van der Waals surface area contributed by atoms with Crippen LogP contribution < -0.4 is 0 Å². The summed E-state index contributed by atoms with van der Waals surface area (Å²) in [5.41, 5.74) is 7.69. The molecule has 12 atom stereocenters. The molecule has 12 heteroatoms. The fourth-order valence-electron chi connectivity index (χ4n) is 15.9. The van der Waals surface area contributed by atoms with Gasteiger partial charge in [-0.2, -0.15) is 0 Å². The Bertz CT molecular complexity index is 2710. The summed E-state index contributed by atoms with van der Waals surface area (Å²) < 4.78 is 15.2. The molecule has 0 unspecified atom stereocenters. The number of methoxy groups -OCH3 is 2. The number of ketones is 4. The van der Waals surface area contributed by atoms with Crippen LogP contribution in [-0.2, 0) is 35.2 Å². The highest BCUT2D eigenvalue weighted by Crippen LogP contribution is 2.54. The molecule has 0 bridgehead atoms. The summed E-state index contributed by atoms with van der Waals surface area (Å²) in [6.45, 7) is 8.63. The van der Waals surface area contributed by atoms with Crippen molar-refractivity contribution in [3.63, 3.8) is 0 Å². The van der Waals surface area contributed by atoms with Gasteiger partial charge in [-0.05, 0) is 197 Å². The maximum atomic E-state index is 12.9. The molecule has 4 fully saturated rings. The van der Waals surface area contributed by atoms with E-state index in [-0.39, 0.29) is 45.7 Å². The van der Waals surface area contributed by atoms with Gasteiger partial charge in [0.1, 0.15) is 0 Å². The van der Waals surface area contributed by atoms with E-state index in [0.717, 1.165) is 169 Å². The third-order valence-corrected chi connectivity index (χ3v) is 22.4. The first-order chi connectivity index (χ1) is 37.3. The normalized spacial score (nSPS) is 33.2. The van der Waals surface area contributed by atoms with Crippen molar-refractivity contribution in [2.45, 2.75) is 181 Å². The van der Waals surface area contributed by atoms with Gasteiger partial charge in [0, 0.05) is 76.0 Å². The van der Waals surface area contributed by atoms with E-state index in [2.05, 4.69) is 116 Å². The molecule has 12 rings (SSSR count). The van der Waals surface area contributed by atoms with Crippen LogP contribution in [0.1, 0.15) is 194 Å². The Morgan fingerprint density at radius 2 is 0.654 bits per heavy atom. The Morgan fingerprint density at radius 3 is 0.897 bits per heavy atom. The van der Waals surface area contributed by atoms with Crippen LogP contribution in [0.15, 0.2) is 90.7 Å². The van der Waals surface area contributed by atoms with Gasteiger partial charge in [-0.3, -0.25) is 19.2 Å². The smallest absolute Gasteiger partial charge is 0.169 e. The molecule has 0 amide bonds. The Kier molecular flexibility index (Phi) is 18.9. The zero-order chi connectivity index (χ0) is 55.9. The molecule has 0 aliphatic heterocycles. The van der Waals surface area contributed by atoms with E-state index in [0.29, 0.717) is 47.2 Å². The summed E-state index contributed by atoms with van der Waals surface area (Å²) >= 11 is 13.9. The van der Waals surface area contributed by atoms with E-state index in [1.807, 2.05) is 48.5 Å². The lowest BCUT2D eigenvalue weighted by Crippen LogP contribution is -2.41. The van der Waals surface area contributed by atoms with Crippen molar-refractivity contribution < 1.29 is 38.9 Å². The Balaban J connectivity index is 0.000000126. The minimum absolute atomic E-state index is 0.154. The van der Waals surface area contributed by atoms with E-state index in [1.54, 1.807) is 14.2 Å². The number of fused-ring (bicyclic) bond motifs is 4. The highest BCUT2D eigenvalue weighted by atomic mass is 79.9. The summed E-state index contributed by atoms with van der Waals surface area (Å²) in [6, 6.07) is 24.4. The fourth-order valence-corrected chi connectivity index (χ4v) is 17.3. The van der Waals surface area contributed by atoms with Crippen LogP contribution in [0.2, 0.25) is 0 Å². The van der Waals surface area contributed by atoms with Gasteiger partial charge in [0.25, 0.3) is 0 Å². The average Bonchev–Trinajstić information content (AvgIpc) is 4.16. The molecule has 8 aliphatic carbocycles. The first-order valence-corrected chi connectivity index (χ1v) is 32.2. The number of carbonyl (C=O) groups excluding carboxylic acids is 4. The largest absolute Gasteiger partial charge is 0.393 e. The van der Waals surface area contributed by atoms with Crippen LogP contribution in [0, 0.1) is 45.3 Å². The molecule has 4 saturated carbocycles. The zero-order valence-electron chi connectivity index (χ0n) is 46.5. The minimum Gasteiger partial charge on any atom is -0.393 e. The van der Waals surface area contributed by atoms with E-state index >= 15 is 0 Å². The summed E-state index contributed by atoms with van der Waals surface area (Å²) in [6.07, 6.45) is 18.6. The van der Waals surface area contributed by atoms with Gasteiger partial charge in [0.05, 0.1) is 24.4 Å². The lowest BCUT2D eigenvalue weighted by molar-refractivity contribution is -0.0146. The topological polar surface area (TPSA) is 127 Å². The molecule has 78 heavy (non-hydrogen) atoms. The summed E-state index contributed by atoms with van der Waals surface area (Å²) in [5, 5.41) is 20.1. The number of benzene rings is 4. The lowest BCUT2D eigenvalue weighted by Gasteiger charge is -2.40. The minimum atomic E-state index is -0.233. The standard InChI is InChI=1S/2C17H21BrO2.2C16H19BrO2/c2*1-3-11-9-17(7-6-15(11)20-2)10-12-4-5-13(18)8-14(12)16(17)19;2*1-2-10-8-16(6-5-14(10)18)9-11-3-4-12(17)7-13(11)15(16)19/h2*4-5,8,11,15H,3,6-7,9-10H2,1-2H3;2*3-4,7,10,14,18H,2,5-6,8-9H2,1H3/t2*11-,15-,17-;2*10-,14-,16-/m1010/s1. The molecule has 0 heterocycles. The van der Waals surface area contributed by atoms with E-state index in [4.69, 9.17) is 9.47 Å². The molecule has 4 aromatic rings. The van der Waals surface area contributed by atoms with E-state index < -0.39 is 0 Å². The second kappa shape index (κ2) is 24.6. The van der Waals surface area contributed by atoms with Crippen molar-refractivity contribution in [3.05, 3.63) is 135 Å². The quantitative estimate of drug-likeness (QED) is 0.195. The maximum Gasteiger partial charge on any atom is 0.169 e. The maximum absolute atomic E-state index is 12.9. The van der Waals surface area contributed by atoms with E-state index in [1.165, 1.54) is 22.3 Å². The monoisotopic (exact) mass is 1320 g/mol. The molecule has 0 aromatic heterocycles. The molecule has 8 nitrogen and oxygen atoms in total. The Hall–Kier alpha value is -2.68. The van der Waals surface area contributed by atoms with Crippen LogP contribution in [0.25, 0.3) is 0 Å². The number of aliphatic hydroxyl groups excluding tert-OH is 2. The van der Waals surface area contributed by atoms with Crippen LogP contribution >= 0.6 is 63.7 Å². The van der Waals surface area contributed by atoms with Crippen molar-refractivity contribution in [1.29, 1.82) is 0 Å². The Morgan fingerprint density at radius 1 is 0.410 bits per heavy atom. The molecule has 8 aliphatic rings. The first kappa shape index (κ1) is 59.9. The van der Waals surface area contributed by atoms with Gasteiger partial charge < -0.3 is 19.7 Å². The van der Waals surface area contributed by atoms with Crippen LogP contribution in [0.4, 0.5) is 0 Å². The van der Waals surface area contributed by atoms with Gasteiger partial charge in [0.2, 0.25) is 0 Å². The van der Waals surface area contributed by atoms with Crippen molar-refractivity contribution in [3.8, 4) is 0 Å². The molecule has 4 aromatic carbocycles. The van der Waals surface area contributed by atoms with Gasteiger partial charge in [-0.15, -0.1) is 0 Å². The highest BCUT2D eigenvalue weighted by molar-refractivity contribution is 9.11. The third-order valence-electron chi connectivity index (χ3n) is 20.4. The van der Waals surface area contributed by atoms with Crippen LogP contribution in [0.3, 0.4) is 0 Å². The molecule has 0 saturated heterocycles. The number of rotatable bonds is 6. The highest BCUT2D eigenvalue weighted by Gasteiger charge is 2.53. The molecule has 0 radical (unpaired) electrons. The molecule has 4 spiro atoms. The summed E-state index contributed by atoms with van der Waals surface area (Å²) in [7, 11) is 3.60. The number of carbonyl (C=O) groups is 4. The average molecular weight is 1320 g/mol. The van der Waals surface area contributed by atoms with Gasteiger partial charge >= 0.3 is 0 Å². The molecule has 420 valence electrons. The number of hydrogen-bond donors (Lipinski definition) is 2. The van der Waals surface area contributed by atoms with Crippen molar-refractivity contribution in [2.75, 3.05) is 14.2 Å². The summed E-state index contributed by atoms with van der Waals surface area (Å²) in [4.78, 5) is 51.4. The number of hydrogen-bond acceptors (Lipinski definition) is 8. The molecule has 2 N–H and O–H groups in total. The lowest BCUT2D eigenvalue weighted by atomic mass is 9.65. The summed E-state index contributed by atoms with van der Waals surface area (Å²) in [5.74, 6) is 2.89. The SMILES string of the molecule is CC[C@@H]1C[C@]2(CC[C@H]1O)Cc1ccc(Br)cc1C2=O.CC[C@@H]1C[C@]2(CC[C@H]1OC)Cc1ccc(Br)cc1C2=O.CC[C@H]1C[C@@]2(CC[C@@H]1O)Cc1ccc(Br)cc1C2=O.CC[C@H]1C[C@@]2(CC[C@@H]1OC)Cc1ccc(Br)cc1C2=O. The van der Waals surface area contributed by atoms with Gasteiger partial charge in [-0.1, -0.05) is 141 Å². The van der Waals surface area contributed by atoms with Crippen molar-refractivity contribution in [2.24, 2.45) is 45.3 Å². The number of ether oxygens (including phenoxy) is 2. The van der Waals surface area contributed by atoms with Gasteiger partial charge in [-0.25, -0.2) is 0 Å². The third kappa shape index (κ3) is 11.7. The van der Waals surface area contributed by atoms with Gasteiger partial charge in [0.15, 0.2) is 23.1 Å². The second-order valence-electron chi connectivity index (χ2n) is 24.7. The Labute approximate surface area is 497 Å². The molecular formula is C66H80Br4O8. The second-order valence-corrected chi connectivity index (χ2v) is 28.3. The van der Waals surface area contributed by atoms with E-state index in [9.17, 15) is 29.4 Å². The van der Waals surface area contributed by atoms with Crippen molar-refractivity contribution >= 4 is 86.9 Å². The fraction of sp³-hybridized carbons (Fsp3) is 0.576. The van der Waals surface area contributed by atoms with Crippen molar-refractivity contribution in [1.82, 2.24) is 0 Å². The van der Waals surface area contributed by atoms with Crippen LogP contribution in [-0.4, -0.2) is 72.0 Å². The first-order valence-electron chi connectivity index (χ1n) is 29.0.